The van der Waals surface area contributed by atoms with E-state index in [1.807, 2.05) is 51.1 Å². The first-order valence-corrected chi connectivity index (χ1v) is 9.31. The standard InChI is InChI=1S/C22H21N3O4/c1-12-8-14(3)20-17(9-12)24-21(29-20)15-5-4-13(2)16(10-15)23-18-11-19(27)25(6-7-26)22(18)28/h4-5,8-11,23,26H,6-7H2,1-3H3. The van der Waals surface area contributed by atoms with Gasteiger partial charge in [-0.1, -0.05) is 12.1 Å². The van der Waals surface area contributed by atoms with E-state index < -0.39 is 11.8 Å². The molecule has 0 fully saturated rings. The fourth-order valence-corrected chi connectivity index (χ4v) is 3.44. The monoisotopic (exact) mass is 391 g/mol. The predicted octanol–water partition coefficient (Wildman–Crippen LogP) is 3.08. The number of hydrogen-bond acceptors (Lipinski definition) is 6. The molecule has 2 heterocycles. The lowest BCUT2D eigenvalue weighted by Gasteiger charge is -2.14. The Balaban J connectivity index is 1.67. The highest BCUT2D eigenvalue weighted by molar-refractivity contribution is 6.17. The van der Waals surface area contributed by atoms with E-state index in [0.29, 0.717) is 11.6 Å². The number of anilines is 1. The fourth-order valence-electron chi connectivity index (χ4n) is 3.44. The van der Waals surface area contributed by atoms with Crippen LogP contribution in [0.2, 0.25) is 0 Å². The molecule has 0 saturated carbocycles. The summed E-state index contributed by atoms with van der Waals surface area (Å²) >= 11 is 0. The molecule has 0 aliphatic carbocycles. The number of fused-ring (bicyclic) bond motifs is 1. The molecule has 29 heavy (non-hydrogen) atoms. The lowest BCUT2D eigenvalue weighted by atomic mass is 10.1. The number of aliphatic hydroxyl groups is 1. The normalized spacial score (nSPS) is 14.1. The zero-order valence-electron chi connectivity index (χ0n) is 16.4. The quantitative estimate of drug-likeness (QED) is 0.649. The van der Waals surface area contributed by atoms with Crippen LogP contribution in [0, 0.1) is 20.8 Å². The van der Waals surface area contributed by atoms with Crippen molar-refractivity contribution in [3.8, 4) is 11.5 Å². The number of nitrogens with zero attached hydrogens (tertiary/aromatic N) is 2. The molecule has 4 rings (SSSR count). The van der Waals surface area contributed by atoms with Crippen LogP contribution in [0.5, 0.6) is 0 Å². The topological polar surface area (TPSA) is 95.7 Å². The number of aromatic nitrogens is 1. The van der Waals surface area contributed by atoms with Crippen LogP contribution in [-0.4, -0.2) is 40.0 Å². The Morgan fingerprint density at radius 3 is 2.66 bits per heavy atom. The summed E-state index contributed by atoms with van der Waals surface area (Å²) in [5.41, 5.74) is 6.20. The molecule has 148 valence electrons. The zero-order chi connectivity index (χ0) is 20.7. The number of nitrogens with one attached hydrogen (secondary N) is 1. The number of benzene rings is 2. The SMILES string of the molecule is Cc1cc(C)c2oc(-c3ccc(C)c(NC4=CC(=O)N(CCO)C4=O)c3)nc2c1. The van der Waals surface area contributed by atoms with Gasteiger partial charge in [-0.25, -0.2) is 4.98 Å². The van der Waals surface area contributed by atoms with Gasteiger partial charge in [0.1, 0.15) is 11.2 Å². The van der Waals surface area contributed by atoms with Crippen molar-refractivity contribution in [2.45, 2.75) is 20.8 Å². The Labute approximate surface area is 167 Å². The minimum Gasteiger partial charge on any atom is -0.436 e. The van der Waals surface area contributed by atoms with Gasteiger partial charge >= 0.3 is 0 Å². The Hall–Kier alpha value is -3.45. The van der Waals surface area contributed by atoms with Gasteiger partial charge in [0.2, 0.25) is 5.89 Å². The zero-order valence-corrected chi connectivity index (χ0v) is 16.4. The molecule has 2 amide bonds. The maximum Gasteiger partial charge on any atom is 0.277 e. The third-order valence-electron chi connectivity index (χ3n) is 4.91. The molecule has 0 spiro atoms. The predicted molar refractivity (Wildman–Crippen MR) is 109 cm³/mol. The number of rotatable bonds is 5. The maximum absolute atomic E-state index is 12.4. The average Bonchev–Trinajstić information content (AvgIpc) is 3.20. The number of carbonyl (C=O) groups is 2. The first-order chi connectivity index (χ1) is 13.9. The summed E-state index contributed by atoms with van der Waals surface area (Å²) in [4.78, 5) is 30.0. The molecule has 0 unspecified atom stereocenters. The largest absolute Gasteiger partial charge is 0.436 e. The Bertz CT molecular complexity index is 1180. The van der Waals surface area contributed by atoms with Crippen molar-refractivity contribution in [3.05, 3.63) is 58.8 Å². The second-order valence-corrected chi connectivity index (χ2v) is 7.18. The number of aryl methyl sites for hydroxylation is 3. The number of oxazole rings is 1. The summed E-state index contributed by atoms with van der Waals surface area (Å²) in [7, 11) is 0. The van der Waals surface area contributed by atoms with Crippen LogP contribution in [0.25, 0.3) is 22.6 Å². The Kier molecular flexibility index (Phi) is 4.68. The van der Waals surface area contributed by atoms with Crippen LogP contribution in [0.3, 0.4) is 0 Å². The summed E-state index contributed by atoms with van der Waals surface area (Å²) in [6.45, 7) is 5.60. The van der Waals surface area contributed by atoms with Gasteiger partial charge in [0, 0.05) is 17.3 Å². The lowest BCUT2D eigenvalue weighted by molar-refractivity contribution is -0.137. The molecular weight excluding hydrogens is 370 g/mol. The number of amides is 2. The summed E-state index contributed by atoms with van der Waals surface area (Å²) < 4.78 is 5.98. The minimum absolute atomic E-state index is 0.0277. The molecule has 0 atom stereocenters. The second kappa shape index (κ2) is 7.18. The highest BCUT2D eigenvalue weighted by atomic mass is 16.3. The highest BCUT2D eigenvalue weighted by Gasteiger charge is 2.30. The van der Waals surface area contributed by atoms with E-state index in [-0.39, 0.29) is 18.8 Å². The summed E-state index contributed by atoms with van der Waals surface area (Å²) in [6.07, 6.45) is 1.25. The molecule has 1 aromatic heterocycles. The Morgan fingerprint density at radius 1 is 1.10 bits per heavy atom. The van der Waals surface area contributed by atoms with Gasteiger partial charge in [-0.3, -0.25) is 14.5 Å². The van der Waals surface area contributed by atoms with E-state index in [4.69, 9.17) is 9.52 Å². The van der Waals surface area contributed by atoms with E-state index in [2.05, 4.69) is 10.3 Å². The minimum atomic E-state index is -0.457. The average molecular weight is 391 g/mol. The van der Waals surface area contributed by atoms with Crippen molar-refractivity contribution in [1.29, 1.82) is 0 Å². The van der Waals surface area contributed by atoms with E-state index in [1.165, 1.54) is 6.08 Å². The van der Waals surface area contributed by atoms with Crippen molar-refractivity contribution in [2.75, 3.05) is 18.5 Å². The van der Waals surface area contributed by atoms with Crippen molar-refractivity contribution in [2.24, 2.45) is 0 Å². The van der Waals surface area contributed by atoms with E-state index >= 15 is 0 Å². The van der Waals surface area contributed by atoms with E-state index in [0.717, 1.165) is 38.3 Å². The smallest absolute Gasteiger partial charge is 0.277 e. The first-order valence-electron chi connectivity index (χ1n) is 9.31. The van der Waals surface area contributed by atoms with Gasteiger partial charge < -0.3 is 14.8 Å². The third kappa shape index (κ3) is 3.40. The number of β-amino-alcohol motifs (C(OH)–C–C–N with tert-alkyl or cyclic N) is 1. The van der Waals surface area contributed by atoms with Gasteiger partial charge in [0.05, 0.1) is 13.2 Å². The second-order valence-electron chi connectivity index (χ2n) is 7.18. The van der Waals surface area contributed by atoms with Gasteiger partial charge in [-0.05, 0) is 55.7 Å². The van der Waals surface area contributed by atoms with Crippen LogP contribution < -0.4 is 5.32 Å². The van der Waals surface area contributed by atoms with Crippen molar-refractivity contribution in [1.82, 2.24) is 9.88 Å². The van der Waals surface area contributed by atoms with E-state index in [9.17, 15) is 9.59 Å². The van der Waals surface area contributed by atoms with Crippen LogP contribution in [0.1, 0.15) is 16.7 Å². The van der Waals surface area contributed by atoms with Crippen LogP contribution in [-0.2, 0) is 9.59 Å². The summed E-state index contributed by atoms with van der Waals surface area (Å²) in [5, 5.41) is 12.1. The van der Waals surface area contributed by atoms with Crippen LogP contribution >= 0.6 is 0 Å². The van der Waals surface area contributed by atoms with Crippen molar-refractivity contribution in [3.63, 3.8) is 0 Å². The third-order valence-corrected chi connectivity index (χ3v) is 4.91. The number of hydrogen-bond donors (Lipinski definition) is 2. The van der Waals surface area contributed by atoms with Gasteiger partial charge in [0.25, 0.3) is 11.8 Å². The molecule has 0 bridgehead atoms. The fraction of sp³-hybridized carbons (Fsp3) is 0.227. The van der Waals surface area contributed by atoms with Gasteiger partial charge in [0.15, 0.2) is 5.58 Å². The molecular formula is C22H21N3O4. The lowest BCUT2D eigenvalue weighted by Crippen LogP contribution is -2.34. The molecule has 1 aliphatic heterocycles. The number of imide groups is 1. The van der Waals surface area contributed by atoms with Crippen molar-refractivity contribution < 1.29 is 19.1 Å². The molecule has 7 heteroatoms. The first kappa shape index (κ1) is 18.9. The molecule has 2 N–H and O–H groups in total. The van der Waals surface area contributed by atoms with Crippen LogP contribution in [0.4, 0.5) is 5.69 Å². The molecule has 7 nitrogen and oxygen atoms in total. The summed E-state index contributed by atoms with van der Waals surface area (Å²) in [5.74, 6) is -0.409. The molecule has 2 aromatic carbocycles. The van der Waals surface area contributed by atoms with Crippen molar-refractivity contribution >= 4 is 28.6 Å². The van der Waals surface area contributed by atoms with Gasteiger partial charge in [-0.15, -0.1) is 0 Å². The highest BCUT2D eigenvalue weighted by Crippen LogP contribution is 2.30. The van der Waals surface area contributed by atoms with E-state index in [1.54, 1.807) is 0 Å². The molecule has 3 aromatic rings. The molecule has 0 radical (unpaired) electrons. The summed E-state index contributed by atoms with van der Waals surface area (Å²) in [6, 6.07) is 9.67. The maximum atomic E-state index is 12.4. The number of carbonyl (C=O) groups excluding carboxylic acids is 2. The number of aliphatic hydroxyl groups excluding tert-OH is 1. The van der Waals surface area contributed by atoms with Gasteiger partial charge in [-0.2, -0.15) is 0 Å². The molecule has 0 saturated heterocycles. The Morgan fingerprint density at radius 2 is 1.90 bits per heavy atom. The van der Waals surface area contributed by atoms with Crippen LogP contribution in [0.15, 0.2) is 46.5 Å². The molecule has 1 aliphatic rings.